The minimum absolute atomic E-state index is 0.0344. The summed E-state index contributed by atoms with van der Waals surface area (Å²) in [6.07, 6.45) is 0.633. The summed E-state index contributed by atoms with van der Waals surface area (Å²) in [6.45, 7) is 2.07. The number of hydrogen-bond donors (Lipinski definition) is 1. The molecule has 1 atom stereocenters. The number of aryl methyl sites for hydroxylation is 2. The van der Waals surface area contributed by atoms with Gasteiger partial charge in [0, 0.05) is 22.2 Å². The Bertz CT molecular complexity index is 447. The number of tetrazole rings is 1. The second-order valence-corrected chi connectivity index (χ2v) is 4.77. The molecule has 5 nitrogen and oxygen atoms in total. The summed E-state index contributed by atoms with van der Waals surface area (Å²) >= 11 is 1.71. The lowest BCUT2D eigenvalue weighted by atomic mass is 10.2. The first-order valence-electron chi connectivity index (χ1n) is 4.70. The number of rotatable bonds is 3. The summed E-state index contributed by atoms with van der Waals surface area (Å²) in [5, 5.41) is 11.8. The molecule has 0 radical (unpaired) electrons. The van der Waals surface area contributed by atoms with Crippen LogP contribution in [0.4, 0.5) is 0 Å². The number of nitrogens with two attached hydrogens (primary N) is 1. The first kappa shape index (κ1) is 10.3. The molecule has 6 heteroatoms. The zero-order chi connectivity index (χ0) is 10.8. The van der Waals surface area contributed by atoms with Crippen LogP contribution in [0.2, 0.25) is 0 Å². The molecule has 0 aromatic carbocycles. The zero-order valence-corrected chi connectivity index (χ0v) is 9.53. The Morgan fingerprint density at radius 1 is 1.53 bits per heavy atom. The SMILES string of the molecule is Cc1ccc(C(N)Cc2nnn(C)n2)s1. The van der Waals surface area contributed by atoms with Gasteiger partial charge in [-0.3, -0.25) is 0 Å². The Balaban J connectivity index is 2.06. The largest absolute Gasteiger partial charge is 0.323 e. The molecular formula is C9H13N5S. The van der Waals surface area contributed by atoms with E-state index in [1.54, 1.807) is 18.4 Å². The maximum atomic E-state index is 6.04. The third-order valence-electron chi connectivity index (χ3n) is 2.08. The number of thiophene rings is 1. The topological polar surface area (TPSA) is 69.6 Å². The average molecular weight is 223 g/mol. The minimum atomic E-state index is -0.0344. The van der Waals surface area contributed by atoms with Crippen molar-refractivity contribution in [1.82, 2.24) is 20.2 Å². The van der Waals surface area contributed by atoms with Crippen LogP contribution in [0.25, 0.3) is 0 Å². The smallest absolute Gasteiger partial charge is 0.176 e. The van der Waals surface area contributed by atoms with Gasteiger partial charge in [-0.2, -0.15) is 4.80 Å². The molecule has 0 spiro atoms. The predicted octanol–water partition coefficient (Wildman–Crippen LogP) is 0.823. The Labute approximate surface area is 91.9 Å². The zero-order valence-electron chi connectivity index (χ0n) is 8.71. The van der Waals surface area contributed by atoms with Gasteiger partial charge in [-0.05, 0) is 24.3 Å². The summed E-state index contributed by atoms with van der Waals surface area (Å²) in [5.41, 5.74) is 6.04. The lowest BCUT2D eigenvalue weighted by molar-refractivity contribution is 0.623. The molecule has 0 saturated heterocycles. The summed E-state index contributed by atoms with van der Waals surface area (Å²) in [5.74, 6) is 0.691. The van der Waals surface area contributed by atoms with Crippen LogP contribution >= 0.6 is 11.3 Å². The maximum Gasteiger partial charge on any atom is 0.176 e. The van der Waals surface area contributed by atoms with E-state index in [-0.39, 0.29) is 6.04 Å². The van der Waals surface area contributed by atoms with Crippen molar-refractivity contribution >= 4 is 11.3 Å². The third kappa shape index (κ3) is 2.40. The van der Waals surface area contributed by atoms with Crippen LogP contribution in [0, 0.1) is 6.92 Å². The normalized spacial score (nSPS) is 13.0. The average Bonchev–Trinajstić information content (AvgIpc) is 2.75. The molecule has 2 heterocycles. The van der Waals surface area contributed by atoms with E-state index in [2.05, 4.69) is 34.5 Å². The third-order valence-corrected chi connectivity index (χ3v) is 3.21. The monoisotopic (exact) mass is 223 g/mol. The van der Waals surface area contributed by atoms with Crippen molar-refractivity contribution in [3.05, 3.63) is 27.7 Å². The van der Waals surface area contributed by atoms with E-state index in [0.717, 1.165) is 0 Å². The molecule has 0 bridgehead atoms. The lowest BCUT2D eigenvalue weighted by Gasteiger charge is -2.05. The first-order chi connectivity index (χ1) is 7.15. The highest BCUT2D eigenvalue weighted by atomic mass is 32.1. The molecule has 2 aromatic rings. The Hall–Kier alpha value is -1.27. The lowest BCUT2D eigenvalue weighted by Crippen LogP contribution is -2.12. The molecule has 1 unspecified atom stereocenters. The van der Waals surface area contributed by atoms with E-state index in [1.807, 2.05) is 0 Å². The first-order valence-corrected chi connectivity index (χ1v) is 5.51. The summed E-state index contributed by atoms with van der Waals surface area (Å²) in [7, 11) is 1.75. The van der Waals surface area contributed by atoms with Crippen LogP contribution in [-0.2, 0) is 13.5 Å². The molecule has 15 heavy (non-hydrogen) atoms. The van der Waals surface area contributed by atoms with E-state index in [4.69, 9.17) is 5.73 Å². The van der Waals surface area contributed by atoms with Gasteiger partial charge in [0.1, 0.15) is 0 Å². The summed E-state index contributed by atoms with van der Waals surface area (Å²) in [4.78, 5) is 3.88. The molecule has 2 N–H and O–H groups in total. The van der Waals surface area contributed by atoms with Gasteiger partial charge in [0.25, 0.3) is 0 Å². The van der Waals surface area contributed by atoms with Gasteiger partial charge in [-0.25, -0.2) is 0 Å². The Kier molecular flexibility index (Phi) is 2.79. The van der Waals surface area contributed by atoms with Crippen molar-refractivity contribution in [3.8, 4) is 0 Å². The van der Waals surface area contributed by atoms with Crippen molar-refractivity contribution in [1.29, 1.82) is 0 Å². The van der Waals surface area contributed by atoms with Crippen molar-refractivity contribution in [2.45, 2.75) is 19.4 Å². The standard InChI is InChI=1S/C9H13N5S/c1-6-3-4-8(15-6)7(10)5-9-11-13-14(2)12-9/h3-4,7H,5,10H2,1-2H3. The van der Waals surface area contributed by atoms with Crippen LogP contribution in [0.15, 0.2) is 12.1 Å². The van der Waals surface area contributed by atoms with Crippen LogP contribution in [0.3, 0.4) is 0 Å². The molecule has 0 aliphatic rings. The van der Waals surface area contributed by atoms with Crippen molar-refractivity contribution in [3.63, 3.8) is 0 Å². The summed E-state index contributed by atoms with van der Waals surface area (Å²) in [6, 6.07) is 4.10. The quantitative estimate of drug-likeness (QED) is 0.836. The van der Waals surface area contributed by atoms with Gasteiger partial charge >= 0.3 is 0 Å². The van der Waals surface area contributed by atoms with E-state index >= 15 is 0 Å². The molecule has 2 aromatic heterocycles. The van der Waals surface area contributed by atoms with E-state index in [0.29, 0.717) is 12.2 Å². The van der Waals surface area contributed by atoms with Gasteiger partial charge in [0.15, 0.2) is 5.82 Å². The number of aromatic nitrogens is 4. The van der Waals surface area contributed by atoms with E-state index < -0.39 is 0 Å². The number of nitrogens with zero attached hydrogens (tertiary/aromatic N) is 4. The van der Waals surface area contributed by atoms with Gasteiger partial charge < -0.3 is 5.73 Å². The summed E-state index contributed by atoms with van der Waals surface area (Å²) < 4.78 is 0. The van der Waals surface area contributed by atoms with Gasteiger partial charge in [-0.1, -0.05) is 0 Å². The van der Waals surface area contributed by atoms with Gasteiger partial charge in [-0.15, -0.1) is 21.5 Å². The Morgan fingerprint density at radius 2 is 2.33 bits per heavy atom. The highest BCUT2D eigenvalue weighted by Gasteiger charge is 2.12. The molecule has 0 aliphatic heterocycles. The highest BCUT2D eigenvalue weighted by Crippen LogP contribution is 2.22. The fraction of sp³-hybridized carbons (Fsp3) is 0.444. The van der Waals surface area contributed by atoms with Crippen LogP contribution in [-0.4, -0.2) is 20.2 Å². The van der Waals surface area contributed by atoms with Gasteiger partial charge in [0.05, 0.1) is 7.05 Å². The molecule has 0 saturated carbocycles. The molecule has 0 fully saturated rings. The molecule has 2 rings (SSSR count). The van der Waals surface area contributed by atoms with Crippen molar-refractivity contribution in [2.24, 2.45) is 12.8 Å². The van der Waals surface area contributed by atoms with Crippen LogP contribution in [0.5, 0.6) is 0 Å². The van der Waals surface area contributed by atoms with Crippen molar-refractivity contribution < 1.29 is 0 Å². The van der Waals surface area contributed by atoms with Crippen LogP contribution < -0.4 is 5.73 Å². The Morgan fingerprint density at radius 3 is 2.87 bits per heavy atom. The predicted molar refractivity (Wildman–Crippen MR) is 58.5 cm³/mol. The molecule has 80 valence electrons. The molecular weight excluding hydrogens is 210 g/mol. The number of hydrogen-bond acceptors (Lipinski definition) is 5. The fourth-order valence-corrected chi connectivity index (χ4v) is 2.23. The fourth-order valence-electron chi connectivity index (χ4n) is 1.36. The van der Waals surface area contributed by atoms with E-state index in [1.165, 1.54) is 14.6 Å². The highest BCUT2D eigenvalue weighted by molar-refractivity contribution is 7.12. The minimum Gasteiger partial charge on any atom is -0.323 e. The van der Waals surface area contributed by atoms with Gasteiger partial charge in [0.2, 0.25) is 0 Å². The second kappa shape index (κ2) is 4.08. The van der Waals surface area contributed by atoms with E-state index in [9.17, 15) is 0 Å². The maximum absolute atomic E-state index is 6.04. The second-order valence-electron chi connectivity index (χ2n) is 3.45. The van der Waals surface area contributed by atoms with Crippen molar-refractivity contribution in [2.75, 3.05) is 0 Å². The molecule has 0 amide bonds. The molecule has 0 aliphatic carbocycles. The van der Waals surface area contributed by atoms with Crippen LogP contribution in [0.1, 0.15) is 21.6 Å².